The van der Waals surface area contributed by atoms with E-state index in [2.05, 4.69) is 12.2 Å². The van der Waals surface area contributed by atoms with Gasteiger partial charge in [0.1, 0.15) is 25.8 Å². The van der Waals surface area contributed by atoms with Crippen LogP contribution >= 0.6 is 7.82 Å². The molecule has 0 saturated heterocycles. The zero-order valence-corrected chi connectivity index (χ0v) is 34.9. The van der Waals surface area contributed by atoms with Crippen LogP contribution < -0.4 is 11.1 Å². The number of carbonyl (C=O) groups is 3. The van der Waals surface area contributed by atoms with E-state index < -0.39 is 44.5 Å². The Bertz CT molecular complexity index is 966. The zero-order chi connectivity index (χ0) is 39.6. The number of hydrogen-bond acceptors (Lipinski definition) is 10. The molecule has 0 aliphatic heterocycles. The van der Waals surface area contributed by atoms with Crippen LogP contribution in [-0.2, 0) is 37.5 Å². The number of likely N-dealkylation sites (N-methyl/N-ethyl adjacent to an activating group) is 1. The van der Waals surface area contributed by atoms with Crippen molar-refractivity contribution in [2.24, 2.45) is 5.73 Å². The lowest BCUT2D eigenvalue weighted by atomic mass is 10.0. The average Bonchev–Trinajstić information content (AvgIpc) is 3.09. The Labute approximate surface area is 322 Å². The van der Waals surface area contributed by atoms with Gasteiger partial charge in [-0.15, -0.1) is 0 Å². The molecule has 0 amide bonds. The molecule has 0 spiro atoms. The minimum absolute atomic E-state index is 0.0120. The summed E-state index contributed by atoms with van der Waals surface area (Å²) in [4.78, 5) is 46.0. The summed E-state index contributed by atoms with van der Waals surface area (Å²) >= 11 is 0. The molecule has 314 valence electrons. The van der Waals surface area contributed by atoms with E-state index in [1.165, 1.54) is 64.2 Å². The molecule has 13 nitrogen and oxygen atoms in total. The highest BCUT2D eigenvalue weighted by atomic mass is 31.2. The predicted octanol–water partition coefficient (Wildman–Crippen LogP) is 7.67. The molecule has 0 heterocycles. The molecular weight excluding hydrogens is 701 g/mol. The molecule has 53 heavy (non-hydrogen) atoms. The minimum atomic E-state index is -4.39. The SMILES string of the molecule is CCCCCCCCCCCCCCCC(=O)OC[C@H](COP(=O)(O)OCC[N+](C)(C)C)OC(=O)CCCCCCCCNCCCCC(N)C(=O)O. The topological polar surface area (TPSA) is 184 Å². The lowest BCUT2D eigenvalue weighted by Crippen LogP contribution is -2.37. The van der Waals surface area contributed by atoms with E-state index in [0.29, 0.717) is 23.9 Å². The maximum Gasteiger partial charge on any atom is 0.472 e. The molecule has 0 rings (SSSR count). The van der Waals surface area contributed by atoms with Crippen LogP contribution in [0, 0.1) is 0 Å². The van der Waals surface area contributed by atoms with Crippen molar-refractivity contribution in [3.8, 4) is 0 Å². The summed E-state index contributed by atoms with van der Waals surface area (Å²) < 4.78 is 34.1. The van der Waals surface area contributed by atoms with Gasteiger partial charge in [0, 0.05) is 12.8 Å². The van der Waals surface area contributed by atoms with Crippen LogP contribution in [0.15, 0.2) is 0 Å². The predicted molar refractivity (Wildman–Crippen MR) is 210 cm³/mol. The highest BCUT2D eigenvalue weighted by Gasteiger charge is 2.27. The van der Waals surface area contributed by atoms with Gasteiger partial charge in [-0.3, -0.25) is 23.4 Å². The molecule has 0 aliphatic carbocycles. The number of ether oxygens (including phenoxy) is 2. The number of nitrogens with two attached hydrogens (primary N) is 1. The van der Waals surface area contributed by atoms with Crippen molar-refractivity contribution in [3.05, 3.63) is 0 Å². The number of rotatable bonds is 39. The average molecular weight is 781 g/mol. The number of nitrogens with zero attached hydrogens (tertiary/aromatic N) is 1. The van der Waals surface area contributed by atoms with Crippen molar-refractivity contribution in [2.45, 2.75) is 173 Å². The normalized spacial score (nSPS) is 14.1. The van der Waals surface area contributed by atoms with E-state index in [0.717, 1.165) is 77.3 Å². The molecule has 2 unspecified atom stereocenters. The lowest BCUT2D eigenvalue weighted by molar-refractivity contribution is -0.870. The van der Waals surface area contributed by atoms with Gasteiger partial charge in [0.15, 0.2) is 6.10 Å². The first-order chi connectivity index (χ1) is 25.3. The maximum absolute atomic E-state index is 12.6. The van der Waals surface area contributed by atoms with E-state index in [9.17, 15) is 23.8 Å². The molecule has 0 aliphatic rings. The summed E-state index contributed by atoms with van der Waals surface area (Å²) in [7, 11) is 1.40. The fourth-order valence-electron chi connectivity index (χ4n) is 5.64. The third kappa shape index (κ3) is 37.1. The number of unbranched alkanes of at least 4 members (excludes halogenated alkanes) is 18. The van der Waals surface area contributed by atoms with Gasteiger partial charge in [-0.2, -0.15) is 0 Å². The van der Waals surface area contributed by atoms with Crippen molar-refractivity contribution < 1.29 is 52.0 Å². The molecule has 0 bridgehead atoms. The van der Waals surface area contributed by atoms with Crippen molar-refractivity contribution in [3.63, 3.8) is 0 Å². The summed E-state index contributed by atoms with van der Waals surface area (Å²) in [6.07, 6.45) is 23.1. The van der Waals surface area contributed by atoms with Crippen LogP contribution in [0.25, 0.3) is 0 Å². The summed E-state index contributed by atoms with van der Waals surface area (Å²) in [5.41, 5.74) is 5.51. The van der Waals surface area contributed by atoms with Gasteiger partial charge in [-0.1, -0.05) is 116 Å². The Morgan fingerprint density at radius 1 is 0.679 bits per heavy atom. The molecule has 0 aromatic rings. The van der Waals surface area contributed by atoms with E-state index in [1.807, 2.05) is 21.1 Å². The van der Waals surface area contributed by atoms with Gasteiger partial charge < -0.3 is 35.0 Å². The Morgan fingerprint density at radius 2 is 1.15 bits per heavy atom. The fourth-order valence-corrected chi connectivity index (χ4v) is 6.38. The van der Waals surface area contributed by atoms with Gasteiger partial charge in [0.2, 0.25) is 0 Å². The van der Waals surface area contributed by atoms with Crippen LogP contribution in [0.3, 0.4) is 0 Å². The van der Waals surface area contributed by atoms with Crippen LogP contribution in [0.4, 0.5) is 0 Å². The molecule has 5 N–H and O–H groups in total. The van der Waals surface area contributed by atoms with Crippen LogP contribution in [0.5, 0.6) is 0 Å². The van der Waals surface area contributed by atoms with Crippen molar-refractivity contribution >= 4 is 25.7 Å². The van der Waals surface area contributed by atoms with E-state index in [4.69, 9.17) is 29.4 Å². The second-order valence-electron chi connectivity index (χ2n) is 15.5. The summed E-state index contributed by atoms with van der Waals surface area (Å²) in [5.74, 6) is -1.82. The Hall–Kier alpha value is -1.60. The second-order valence-corrected chi connectivity index (χ2v) is 16.9. The summed E-state index contributed by atoms with van der Waals surface area (Å²) in [5, 5.41) is 12.2. The Kier molecular flexibility index (Phi) is 32.7. The maximum atomic E-state index is 12.6. The molecule has 3 atom stereocenters. The molecular formula is C39H79N3O10P+. The smallest absolute Gasteiger partial charge is 0.472 e. The van der Waals surface area contributed by atoms with Crippen molar-refractivity contribution in [1.29, 1.82) is 0 Å². The molecule has 0 aromatic carbocycles. The first-order valence-corrected chi connectivity index (χ1v) is 22.2. The number of aliphatic carboxylic acids is 1. The second kappa shape index (κ2) is 33.7. The highest BCUT2D eigenvalue weighted by Crippen LogP contribution is 2.43. The van der Waals surface area contributed by atoms with E-state index in [-0.39, 0.29) is 26.1 Å². The van der Waals surface area contributed by atoms with Crippen molar-refractivity contribution in [2.75, 3.05) is 60.6 Å². The van der Waals surface area contributed by atoms with Gasteiger partial charge in [0.25, 0.3) is 0 Å². The quantitative estimate of drug-likeness (QED) is 0.0207. The number of hydrogen-bond donors (Lipinski definition) is 4. The van der Waals surface area contributed by atoms with Crippen LogP contribution in [0.1, 0.15) is 161 Å². The Morgan fingerprint density at radius 3 is 1.66 bits per heavy atom. The number of esters is 2. The van der Waals surface area contributed by atoms with E-state index >= 15 is 0 Å². The first kappa shape index (κ1) is 51.4. The number of nitrogens with one attached hydrogen (secondary N) is 1. The van der Waals surface area contributed by atoms with Gasteiger partial charge in [-0.25, -0.2) is 4.57 Å². The Balaban J connectivity index is 4.35. The summed E-state index contributed by atoms with van der Waals surface area (Å²) in [6, 6.07) is -0.782. The number of carboxylic acids is 1. The van der Waals surface area contributed by atoms with Gasteiger partial charge in [0.05, 0.1) is 27.7 Å². The molecule has 0 aromatic heterocycles. The molecule has 0 saturated carbocycles. The fraction of sp³-hybridized carbons (Fsp3) is 0.923. The number of phosphoric acid groups is 1. The van der Waals surface area contributed by atoms with E-state index in [1.54, 1.807) is 0 Å². The van der Waals surface area contributed by atoms with Gasteiger partial charge >= 0.3 is 25.7 Å². The zero-order valence-electron chi connectivity index (χ0n) is 34.0. The lowest BCUT2D eigenvalue weighted by Gasteiger charge is -2.24. The largest absolute Gasteiger partial charge is 0.480 e. The standard InChI is InChI=1S/C39H78N3O10P/c1-5-6-7-8-9-10-11-12-13-14-15-18-21-27-37(43)49-33-35(34-51-53(47,48)50-32-31-42(2,3)4)52-38(44)28-22-19-16-17-20-24-29-41-30-25-23-26-36(40)39(45)46/h35-36,41H,5-34,40H2,1-4H3,(H-,45,46,47,48)/p+1/t35-,36?/m1/s1. The monoisotopic (exact) mass is 781 g/mol. The van der Waals surface area contributed by atoms with Gasteiger partial charge in [-0.05, 0) is 45.2 Å². The number of quaternary nitrogens is 1. The first-order valence-electron chi connectivity index (χ1n) is 20.7. The molecule has 0 radical (unpaired) electrons. The third-order valence-electron chi connectivity index (χ3n) is 9.07. The molecule has 0 fully saturated rings. The summed E-state index contributed by atoms with van der Waals surface area (Å²) in [6.45, 7) is 3.81. The number of carboxylic acid groups (broad SMARTS) is 1. The highest BCUT2D eigenvalue weighted by molar-refractivity contribution is 7.47. The third-order valence-corrected chi connectivity index (χ3v) is 10.1. The molecule has 14 heteroatoms. The number of phosphoric ester groups is 1. The van der Waals surface area contributed by atoms with Crippen LogP contribution in [0.2, 0.25) is 0 Å². The minimum Gasteiger partial charge on any atom is -0.480 e. The van der Waals surface area contributed by atoms with Crippen LogP contribution in [-0.4, -0.2) is 105 Å². The number of carbonyl (C=O) groups excluding carboxylic acids is 2. The van der Waals surface area contributed by atoms with Crippen molar-refractivity contribution in [1.82, 2.24) is 5.32 Å².